The van der Waals surface area contributed by atoms with E-state index >= 15 is 0 Å². The van der Waals surface area contributed by atoms with Crippen molar-refractivity contribution in [1.29, 1.82) is 0 Å². The Balaban J connectivity index is 3.09. The third-order valence-electron chi connectivity index (χ3n) is 2.02. The Morgan fingerprint density at radius 2 is 1.92 bits per heavy atom. The molecule has 0 aliphatic heterocycles. The molecule has 0 aromatic carbocycles. The van der Waals surface area contributed by atoms with Gasteiger partial charge in [-0.05, 0) is 35.4 Å². The first kappa shape index (κ1) is 10.3. The van der Waals surface area contributed by atoms with Gasteiger partial charge in [0.2, 0.25) is 0 Å². The molecular weight excluding hydrogens is 200 g/mol. The Morgan fingerprint density at radius 1 is 1.38 bits per heavy atom. The minimum absolute atomic E-state index is 0.0528. The van der Waals surface area contributed by atoms with Crippen molar-refractivity contribution in [2.24, 2.45) is 0 Å². The van der Waals surface area contributed by atoms with Gasteiger partial charge in [0.1, 0.15) is 17.5 Å². The van der Waals surface area contributed by atoms with Crippen LogP contribution in [0.1, 0.15) is 25.3 Å². The fourth-order valence-electron chi connectivity index (χ4n) is 1.42. The Kier molecular flexibility index (Phi) is 3.16. The Morgan fingerprint density at radius 3 is 2.23 bits per heavy atom. The van der Waals surface area contributed by atoms with E-state index in [0.717, 1.165) is 15.8 Å². The zero-order chi connectivity index (χ0) is 10.0. The van der Waals surface area contributed by atoms with Gasteiger partial charge < -0.3 is 0 Å². The van der Waals surface area contributed by atoms with Crippen LogP contribution in [-0.2, 0) is 9.59 Å². The van der Waals surface area contributed by atoms with E-state index in [0.29, 0.717) is 0 Å². The molecule has 70 valence electrons. The highest BCUT2D eigenvalue weighted by molar-refractivity contribution is 7.18. The van der Waals surface area contributed by atoms with Gasteiger partial charge in [0.05, 0.1) is 10.2 Å². The van der Waals surface area contributed by atoms with Crippen LogP contribution in [0.4, 0.5) is 0 Å². The van der Waals surface area contributed by atoms with Crippen LogP contribution in [-0.4, -0.2) is 21.8 Å². The summed E-state index contributed by atoms with van der Waals surface area (Å²) in [6.07, 6.45) is 0. The molecule has 0 unspecified atom stereocenters. The topological polar surface area (TPSA) is 34.1 Å². The van der Waals surface area contributed by atoms with Crippen molar-refractivity contribution in [1.82, 2.24) is 0 Å². The van der Waals surface area contributed by atoms with E-state index in [9.17, 15) is 9.59 Å². The first-order valence-electron chi connectivity index (χ1n) is 4.09. The predicted octanol–water partition coefficient (Wildman–Crippen LogP) is 0.000400. The summed E-state index contributed by atoms with van der Waals surface area (Å²) in [4.78, 5) is 22.5. The molecule has 0 aliphatic rings. The maximum atomic E-state index is 11.2. The summed E-state index contributed by atoms with van der Waals surface area (Å²) in [7, 11) is 0.901. The van der Waals surface area contributed by atoms with Crippen molar-refractivity contribution in [3.63, 3.8) is 0 Å². The SMILES string of the molecule is CC(=O)C(C(C)=O)c1ccsc1[SiH3]. The second-order valence-corrected chi connectivity index (χ2v) is 5.93. The fourth-order valence-corrected chi connectivity index (χ4v) is 3.02. The molecule has 0 saturated heterocycles. The molecule has 2 nitrogen and oxygen atoms in total. The van der Waals surface area contributed by atoms with Crippen molar-refractivity contribution in [2.75, 3.05) is 0 Å². The van der Waals surface area contributed by atoms with Crippen LogP contribution in [0, 0.1) is 0 Å². The van der Waals surface area contributed by atoms with Gasteiger partial charge in [-0.25, -0.2) is 0 Å². The van der Waals surface area contributed by atoms with Crippen LogP contribution in [0.15, 0.2) is 11.4 Å². The van der Waals surface area contributed by atoms with E-state index in [1.165, 1.54) is 18.3 Å². The molecule has 1 aromatic heterocycles. The van der Waals surface area contributed by atoms with Crippen LogP contribution >= 0.6 is 11.3 Å². The zero-order valence-electron chi connectivity index (χ0n) is 7.96. The first-order chi connectivity index (χ1) is 6.04. The molecular formula is C9H12O2SSi. The number of ketones is 2. The lowest BCUT2D eigenvalue weighted by molar-refractivity contribution is -0.126. The fraction of sp³-hybridized carbons (Fsp3) is 0.333. The Bertz CT molecular complexity index is 329. The van der Waals surface area contributed by atoms with Gasteiger partial charge in [-0.15, -0.1) is 0 Å². The second-order valence-electron chi connectivity index (χ2n) is 3.09. The van der Waals surface area contributed by atoms with E-state index in [-0.39, 0.29) is 11.6 Å². The highest BCUT2D eigenvalue weighted by atomic mass is 32.1. The van der Waals surface area contributed by atoms with Gasteiger partial charge in [-0.3, -0.25) is 9.59 Å². The molecule has 0 atom stereocenters. The number of Topliss-reactive ketones (excluding diaryl/α,β-unsaturated/α-hetero) is 2. The highest BCUT2D eigenvalue weighted by Gasteiger charge is 2.23. The number of rotatable bonds is 3. The van der Waals surface area contributed by atoms with Gasteiger partial charge >= 0.3 is 0 Å². The van der Waals surface area contributed by atoms with Gasteiger partial charge in [0.25, 0.3) is 0 Å². The molecule has 13 heavy (non-hydrogen) atoms. The monoisotopic (exact) mass is 212 g/mol. The zero-order valence-corrected chi connectivity index (χ0v) is 10.8. The molecule has 0 aliphatic carbocycles. The lowest BCUT2D eigenvalue weighted by atomic mass is 9.94. The minimum atomic E-state index is -0.515. The summed E-state index contributed by atoms with van der Waals surface area (Å²) < 4.78 is 1.19. The molecule has 1 rings (SSSR count). The number of hydrogen-bond donors (Lipinski definition) is 0. The maximum absolute atomic E-state index is 11.2. The van der Waals surface area contributed by atoms with Crippen LogP contribution in [0.2, 0.25) is 0 Å². The predicted molar refractivity (Wildman–Crippen MR) is 58.0 cm³/mol. The summed E-state index contributed by atoms with van der Waals surface area (Å²) in [5, 5.41) is 1.94. The largest absolute Gasteiger partial charge is 0.299 e. The van der Waals surface area contributed by atoms with E-state index in [4.69, 9.17) is 0 Å². The van der Waals surface area contributed by atoms with Crippen LogP contribution in [0.3, 0.4) is 0 Å². The standard InChI is InChI=1S/C9H12O2SSi/c1-5(10)8(6(2)11)7-3-4-12-9(7)13/h3-4,8H,1-2,13H3. The lowest BCUT2D eigenvalue weighted by Gasteiger charge is -2.09. The normalized spacial score (nSPS) is 10.7. The summed E-state index contributed by atoms with van der Waals surface area (Å²) in [6, 6.07) is 1.89. The average molecular weight is 212 g/mol. The highest BCUT2D eigenvalue weighted by Crippen LogP contribution is 2.18. The quantitative estimate of drug-likeness (QED) is 0.522. The van der Waals surface area contributed by atoms with Crippen molar-refractivity contribution >= 4 is 37.6 Å². The van der Waals surface area contributed by atoms with E-state index < -0.39 is 5.92 Å². The molecule has 1 aromatic rings. The summed E-state index contributed by atoms with van der Waals surface area (Å²) in [5.41, 5.74) is 0.927. The third kappa shape index (κ3) is 2.13. The first-order valence-corrected chi connectivity index (χ1v) is 5.97. The van der Waals surface area contributed by atoms with Crippen LogP contribution in [0.5, 0.6) is 0 Å². The summed E-state index contributed by atoms with van der Waals surface area (Å²) >= 11 is 1.62. The second kappa shape index (κ2) is 3.98. The molecule has 0 fully saturated rings. The maximum Gasteiger partial charge on any atom is 0.144 e. The Labute approximate surface area is 84.4 Å². The number of hydrogen-bond acceptors (Lipinski definition) is 3. The molecule has 0 radical (unpaired) electrons. The number of carbonyl (C=O) groups excluding carboxylic acids is 2. The Hall–Kier alpha value is -0.743. The smallest absolute Gasteiger partial charge is 0.144 e. The van der Waals surface area contributed by atoms with E-state index in [1.54, 1.807) is 11.3 Å². The molecule has 4 heteroatoms. The molecule has 0 N–H and O–H groups in total. The van der Waals surface area contributed by atoms with E-state index in [1.807, 2.05) is 11.4 Å². The van der Waals surface area contributed by atoms with Crippen molar-refractivity contribution in [3.05, 3.63) is 17.0 Å². The van der Waals surface area contributed by atoms with Crippen molar-refractivity contribution in [3.8, 4) is 0 Å². The molecule has 0 amide bonds. The molecule has 0 saturated carbocycles. The van der Waals surface area contributed by atoms with Crippen LogP contribution < -0.4 is 4.50 Å². The molecule has 0 spiro atoms. The molecule has 0 bridgehead atoms. The van der Waals surface area contributed by atoms with Gasteiger partial charge in [0, 0.05) is 0 Å². The van der Waals surface area contributed by atoms with Crippen molar-refractivity contribution < 1.29 is 9.59 Å². The lowest BCUT2D eigenvalue weighted by Crippen LogP contribution is -2.21. The number of carbonyl (C=O) groups is 2. The van der Waals surface area contributed by atoms with Crippen molar-refractivity contribution in [2.45, 2.75) is 19.8 Å². The van der Waals surface area contributed by atoms with Gasteiger partial charge in [0.15, 0.2) is 0 Å². The summed E-state index contributed by atoms with van der Waals surface area (Å²) in [6.45, 7) is 2.95. The van der Waals surface area contributed by atoms with Crippen LogP contribution in [0.25, 0.3) is 0 Å². The number of thiophene rings is 1. The minimum Gasteiger partial charge on any atom is -0.299 e. The third-order valence-corrected chi connectivity index (χ3v) is 4.17. The summed E-state index contributed by atoms with van der Waals surface area (Å²) in [5.74, 6) is -0.621. The van der Waals surface area contributed by atoms with Gasteiger partial charge in [-0.2, -0.15) is 11.3 Å². The van der Waals surface area contributed by atoms with E-state index in [2.05, 4.69) is 0 Å². The molecule has 1 heterocycles. The average Bonchev–Trinajstić information content (AvgIpc) is 2.35. The van der Waals surface area contributed by atoms with Gasteiger partial charge in [-0.1, -0.05) is 0 Å².